The van der Waals surface area contributed by atoms with Crippen LogP contribution >= 0.6 is 0 Å². The van der Waals surface area contributed by atoms with E-state index in [-0.39, 0.29) is 11.3 Å². The van der Waals surface area contributed by atoms with Crippen molar-refractivity contribution in [3.05, 3.63) is 47.5 Å². The number of nitrogens with one attached hydrogen (secondary N) is 1. The lowest BCUT2D eigenvalue weighted by atomic mass is 9.97. The van der Waals surface area contributed by atoms with Gasteiger partial charge in [0.25, 0.3) is 5.91 Å². The van der Waals surface area contributed by atoms with E-state index < -0.39 is 0 Å². The summed E-state index contributed by atoms with van der Waals surface area (Å²) < 4.78 is 22.2. The number of benzene rings is 2. The van der Waals surface area contributed by atoms with Gasteiger partial charge in [0.2, 0.25) is 0 Å². The smallest absolute Gasteiger partial charge is 0.251 e. The number of fused-ring (bicyclic) bond motifs is 1. The third kappa shape index (κ3) is 4.68. The number of rotatable bonds is 6. The highest BCUT2D eigenvalue weighted by Crippen LogP contribution is 2.34. The van der Waals surface area contributed by atoms with E-state index in [9.17, 15) is 4.79 Å². The van der Waals surface area contributed by atoms with Crippen molar-refractivity contribution >= 4 is 5.91 Å². The molecule has 1 aliphatic rings. The molecule has 6 heteroatoms. The zero-order chi connectivity index (χ0) is 20.1. The molecule has 1 N–H and O–H groups in total. The van der Waals surface area contributed by atoms with E-state index >= 15 is 0 Å². The molecule has 1 amide bonds. The number of hydrogen-bond acceptors (Lipinski definition) is 5. The Morgan fingerprint density at radius 2 is 1.71 bits per heavy atom. The maximum atomic E-state index is 12.5. The van der Waals surface area contributed by atoms with E-state index in [1.54, 1.807) is 32.4 Å². The van der Waals surface area contributed by atoms with E-state index in [0.717, 1.165) is 5.56 Å². The monoisotopic (exact) mass is 385 g/mol. The van der Waals surface area contributed by atoms with Crippen LogP contribution in [0.25, 0.3) is 0 Å². The number of methoxy groups -OCH3 is 2. The van der Waals surface area contributed by atoms with Gasteiger partial charge in [-0.3, -0.25) is 4.79 Å². The zero-order valence-corrected chi connectivity index (χ0v) is 16.8. The Balaban J connectivity index is 1.59. The van der Waals surface area contributed by atoms with Crippen LogP contribution in [0.1, 0.15) is 29.8 Å². The molecule has 0 bridgehead atoms. The van der Waals surface area contributed by atoms with E-state index in [4.69, 9.17) is 18.9 Å². The second-order valence-corrected chi connectivity index (χ2v) is 7.60. The normalized spacial score (nSPS) is 14.7. The second kappa shape index (κ2) is 8.42. The quantitative estimate of drug-likeness (QED) is 0.825. The molecule has 0 saturated carbocycles. The van der Waals surface area contributed by atoms with Gasteiger partial charge in [-0.25, -0.2) is 0 Å². The SMILES string of the molecule is COc1ccc(CCNC(=O)c2ccc3c(c2)OCC(C)(C)CO3)cc1OC. The molecule has 28 heavy (non-hydrogen) atoms. The summed E-state index contributed by atoms with van der Waals surface area (Å²) in [5.74, 6) is 2.50. The molecule has 3 rings (SSSR count). The van der Waals surface area contributed by atoms with Gasteiger partial charge in [-0.05, 0) is 42.3 Å². The predicted octanol–water partition coefficient (Wildman–Crippen LogP) is 3.47. The molecular weight excluding hydrogens is 358 g/mol. The van der Waals surface area contributed by atoms with E-state index in [1.807, 2.05) is 18.2 Å². The van der Waals surface area contributed by atoms with Gasteiger partial charge >= 0.3 is 0 Å². The van der Waals surface area contributed by atoms with Crippen molar-refractivity contribution in [1.29, 1.82) is 0 Å². The second-order valence-electron chi connectivity index (χ2n) is 7.60. The maximum absolute atomic E-state index is 12.5. The van der Waals surface area contributed by atoms with Gasteiger partial charge in [-0.15, -0.1) is 0 Å². The van der Waals surface area contributed by atoms with Gasteiger partial charge in [-0.1, -0.05) is 19.9 Å². The summed E-state index contributed by atoms with van der Waals surface area (Å²) >= 11 is 0. The fraction of sp³-hybridized carbons (Fsp3) is 0.409. The summed E-state index contributed by atoms with van der Waals surface area (Å²) in [5.41, 5.74) is 1.54. The standard InChI is InChI=1S/C22H27NO5/c1-22(2)13-27-18-8-6-16(12-20(18)28-14-22)21(24)23-10-9-15-5-7-17(25-3)19(11-15)26-4/h5-8,11-12H,9-10,13-14H2,1-4H3,(H,23,24). The summed E-state index contributed by atoms with van der Waals surface area (Å²) in [4.78, 5) is 12.5. The first kappa shape index (κ1) is 19.9. The van der Waals surface area contributed by atoms with Gasteiger partial charge in [-0.2, -0.15) is 0 Å². The first-order valence-electron chi connectivity index (χ1n) is 9.30. The van der Waals surface area contributed by atoms with Crippen molar-refractivity contribution in [3.63, 3.8) is 0 Å². The first-order chi connectivity index (χ1) is 13.4. The fourth-order valence-corrected chi connectivity index (χ4v) is 2.93. The lowest BCUT2D eigenvalue weighted by Gasteiger charge is -2.19. The van der Waals surface area contributed by atoms with Gasteiger partial charge in [0.05, 0.1) is 27.4 Å². The van der Waals surface area contributed by atoms with Crippen molar-refractivity contribution in [3.8, 4) is 23.0 Å². The molecule has 1 aliphatic heterocycles. The lowest BCUT2D eigenvalue weighted by Crippen LogP contribution is -2.26. The lowest BCUT2D eigenvalue weighted by molar-refractivity contribution is 0.0953. The fourth-order valence-electron chi connectivity index (χ4n) is 2.93. The molecule has 6 nitrogen and oxygen atoms in total. The minimum Gasteiger partial charge on any atom is -0.493 e. The highest BCUT2D eigenvalue weighted by atomic mass is 16.5. The van der Waals surface area contributed by atoms with Gasteiger partial charge in [0.15, 0.2) is 23.0 Å². The molecular formula is C22H27NO5. The Labute approximate surface area is 165 Å². The third-order valence-corrected chi connectivity index (χ3v) is 4.59. The number of ether oxygens (including phenoxy) is 4. The Hall–Kier alpha value is -2.89. The van der Waals surface area contributed by atoms with Crippen LogP contribution in [0, 0.1) is 5.41 Å². The van der Waals surface area contributed by atoms with Crippen LogP contribution in [0.4, 0.5) is 0 Å². The topological polar surface area (TPSA) is 66.0 Å². The van der Waals surface area contributed by atoms with Gasteiger partial charge < -0.3 is 24.3 Å². The number of carbonyl (C=O) groups excluding carboxylic acids is 1. The Morgan fingerprint density at radius 1 is 1.00 bits per heavy atom. The summed E-state index contributed by atoms with van der Waals surface area (Å²) in [6.45, 7) is 5.80. The molecule has 0 atom stereocenters. The Morgan fingerprint density at radius 3 is 2.43 bits per heavy atom. The van der Waals surface area contributed by atoms with Crippen LogP contribution in [-0.4, -0.2) is 39.9 Å². The molecule has 150 valence electrons. The number of amides is 1. The van der Waals surface area contributed by atoms with Crippen LogP contribution in [0.15, 0.2) is 36.4 Å². The molecule has 0 aliphatic carbocycles. The number of hydrogen-bond donors (Lipinski definition) is 1. The highest BCUT2D eigenvalue weighted by molar-refractivity contribution is 5.94. The van der Waals surface area contributed by atoms with Crippen molar-refractivity contribution < 1.29 is 23.7 Å². The molecule has 0 aromatic heterocycles. The molecule has 0 radical (unpaired) electrons. The molecule has 2 aromatic carbocycles. The Bertz CT molecular complexity index is 847. The molecule has 0 spiro atoms. The van der Waals surface area contributed by atoms with E-state index in [0.29, 0.717) is 54.7 Å². The molecule has 1 heterocycles. The molecule has 0 saturated heterocycles. The average molecular weight is 385 g/mol. The summed E-state index contributed by atoms with van der Waals surface area (Å²) in [6, 6.07) is 11.0. The minimum absolute atomic E-state index is 0.0686. The van der Waals surface area contributed by atoms with Crippen LogP contribution in [0.2, 0.25) is 0 Å². The minimum atomic E-state index is -0.143. The van der Waals surface area contributed by atoms with Crippen molar-refractivity contribution in [2.24, 2.45) is 5.41 Å². The molecule has 0 unspecified atom stereocenters. The predicted molar refractivity (Wildman–Crippen MR) is 107 cm³/mol. The summed E-state index contributed by atoms with van der Waals surface area (Å²) in [5, 5.41) is 2.94. The average Bonchev–Trinajstić information content (AvgIpc) is 2.85. The van der Waals surface area contributed by atoms with Gasteiger partial charge in [0.1, 0.15) is 0 Å². The largest absolute Gasteiger partial charge is 0.493 e. The van der Waals surface area contributed by atoms with Crippen LogP contribution in [0.5, 0.6) is 23.0 Å². The number of carbonyl (C=O) groups is 1. The summed E-state index contributed by atoms with van der Waals surface area (Å²) in [6.07, 6.45) is 0.685. The Kier molecular flexibility index (Phi) is 5.97. The van der Waals surface area contributed by atoms with Crippen molar-refractivity contribution in [2.45, 2.75) is 20.3 Å². The zero-order valence-electron chi connectivity index (χ0n) is 16.8. The van der Waals surface area contributed by atoms with Gasteiger partial charge in [0, 0.05) is 17.5 Å². The van der Waals surface area contributed by atoms with Crippen LogP contribution < -0.4 is 24.3 Å². The van der Waals surface area contributed by atoms with Crippen LogP contribution in [-0.2, 0) is 6.42 Å². The van der Waals surface area contributed by atoms with E-state index in [2.05, 4.69) is 19.2 Å². The molecule has 0 fully saturated rings. The molecule has 2 aromatic rings. The third-order valence-electron chi connectivity index (χ3n) is 4.59. The van der Waals surface area contributed by atoms with Crippen LogP contribution in [0.3, 0.4) is 0 Å². The first-order valence-corrected chi connectivity index (χ1v) is 9.30. The maximum Gasteiger partial charge on any atom is 0.251 e. The summed E-state index contributed by atoms with van der Waals surface area (Å²) in [7, 11) is 3.21. The highest BCUT2D eigenvalue weighted by Gasteiger charge is 2.25. The van der Waals surface area contributed by atoms with E-state index in [1.165, 1.54) is 0 Å². The van der Waals surface area contributed by atoms with Crippen molar-refractivity contribution in [2.75, 3.05) is 34.0 Å². The van der Waals surface area contributed by atoms with Crippen molar-refractivity contribution in [1.82, 2.24) is 5.32 Å².